The fraction of sp³-hybridized carbons (Fsp3) is 0.500. The number of hydrogen-bond acceptors (Lipinski definition) is 8. The Morgan fingerprint density at radius 1 is 0.750 bits per heavy atom. The molecule has 0 aromatic heterocycles. The van der Waals surface area contributed by atoms with Crippen LogP contribution in [0.3, 0.4) is 0 Å². The summed E-state index contributed by atoms with van der Waals surface area (Å²) in [7, 11) is 0. The van der Waals surface area contributed by atoms with Crippen molar-refractivity contribution in [2.45, 2.75) is 20.8 Å². The molecule has 0 unspecified atom stereocenters. The van der Waals surface area contributed by atoms with Crippen LogP contribution in [0.25, 0.3) is 6.15 Å². The van der Waals surface area contributed by atoms with Crippen molar-refractivity contribution in [3.63, 3.8) is 0 Å². The average molecular weight is 463 g/mol. The Morgan fingerprint density at radius 3 is 0.750 bits per heavy atom. The van der Waals surface area contributed by atoms with Crippen molar-refractivity contribution in [2.75, 3.05) is 0 Å². The zero-order chi connectivity index (χ0) is 13.4. The van der Waals surface area contributed by atoms with Crippen LogP contribution in [0.15, 0.2) is 0 Å². The molecule has 10 heteroatoms. The van der Waals surface area contributed by atoms with Gasteiger partial charge in [0.25, 0.3) is 0 Å². The van der Waals surface area contributed by atoms with E-state index >= 15 is 0 Å². The fourth-order valence-electron chi connectivity index (χ4n) is 0. The molecule has 9 nitrogen and oxygen atoms in total. The van der Waals surface area contributed by atoms with Crippen LogP contribution in [0.2, 0.25) is 0 Å². The predicted molar refractivity (Wildman–Crippen MR) is 38.7 cm³/mol. The molecular weight excluding hydrogens is 452 g/mol. The average Bonchev–Trinajstić information content (AvgIpc) is 1.81. The van der Waals surface area contributed by atoms with E-state index in [2.05, 4.69) is 0 Å². The molecule has 2 N–H and O–H groups in total. The Kier molecular flexibility index (Phi) is 53.7. The molecule has 0 saturated carbocycles. The third-order valence-electron chi connectivity index (χ3n) is 0. The van der Waals surface area contributed by atoms with Crippen LogP contribution in [0, 0.1) is 27.8 Å². The van der Waals surface area contributed by atoms with Crippen molar-refractivity contribution in [1.82, 2.24) is 0 Å². The molecule has 0 bridgehead atoms. The van der Waals surface area contributed by atoms with E-state index in [1.165, 1.54) is 0 Å². The second-order valence-electron chi connectivity index (χ2n) is 1.56. The first-order chi connectivity index (χ1) is 6.61. The Morgan fingerprint density at radius 2 is 0.750 bits per heavy atom. The van der Waals surface area contributed by atoms with E-state index in [0.717, 1.165) is 20.8 Å². The molecule has 0 spiro atoms. The van der Waals surface area contributed by atoms with Crippen molar-refractivity contribution >= 4 is 17.9 Å². The van der Waals surface area contributed by atoms with Crippen LogP contribution in [0.1, 0.15) is 20.8 Å². The Hall–Kier alpha value is -0.978. The van der Waals surface area contributed by atoms with Gasteiger partial charge in [-0.3, -0.25) is 0 Å². The summed E-state index contributed by atoms with van der Waals surface area (Å²) in [6, 6.07) is 0. The molecule has 0 atom stereocenters. The van der Waals surface area contributed by atoms with Crippen LogP contribution in [0.5, 0.6) is 0 Å². The quantitative estimate of drug-likeness (QED) is 0.358. The fourth-order valence-corrected chi connectivity index (χ4v) is 0. The maximum absolute atomic E-state index is 8.89. The molecule has 0 aliphatic rings. The Balaban J connectivity index is -0.0000000331. The number of carbonyl (C=O) groups is 3. The van der Waals surface area contributed by atoms with Gasteiger partial charge in [0.1, 0.15) is 0 Å². The van der Waals surface area contributed by atoms with Crippen LogP contribution in [0.4, 0.5) is 0 Å². The van der Waals surface area contributed by atoms with Crippen molar-refractivity contribution in [2.24, 2.45) is 0 Å². The van der Waals surface area contributed by atoms with E-state index in [0.29, 0.717) is 0 Å². The molecule has 0 aromatic carbocycles. The van der Waals surface area contributed by atoms with Crippen molar-refractivity contribution in [3.8, 4) is 0 Å². The van der Waals surface area contributed by atoms with Crippen molar-refractivity contribution < 1.29 is 62.0 Å². The minimum absolute atomic E-state index is 0. The van der Waals surface area contributed by atoms with Crippen molar-refractivity contribution in [1.29, 1.82) is 0 Å². The summed E-state index contributed by atoms with van der Waals surface area (Å²) in [5.41, 5.74) is 0. The summed E-state index contributed by atoms with van der Waals surface area (Å²) in [6.07, 6.45) is 0. The van der Waals surface area contributed by atoms with Gasteiger partial charge in [-0.15, -0.1) is 0 Å². The summed E-state index contributed by atoms with van der Waals surface area (Å²) in [4.78, 5) is 26.7. The maximum atomic E-state index is 8.89. The minimum atomic E-state index is -2.51. The third kappa shape index (κ3) is 1970. The number of carboxylic acids is 3. The van der Waals surface area contributed by atoms with E-state index in [1.807, 2.05) is 0 Å². The number of carboxylic acid groups (broad SMARTS) is 3. The van der Waals surface area contributed by atoms with E-state index in [4.69, 9.17) is 34.2 Å². The molecule has 0 radical (unpaired) electrons. The normalized spacial score (nSPS) is 5.19. The van der Waals surface area contributed by atoms with Gasteiger partial charge in [-0.25, -0.2) is 0 Å². The summed E-state index contributed by atoms with van der Waals surface area (Å²) in [5.74, 6) is -3.25. The molecule has 96 valence electrons. The van der Waals surface area contributed by atoms with Gasteiger partial charge in [-0.05, 0) is 20.8 Å². The van der Waals surface area contributed by atoms with Gasteiger partial charge in [0.2, 0.25) is 0 Å². The summed E-state index contributed by atoms with van der Waals surface area (Å²) < 4.78 is 17.2. The zero-order valence-electron chi connectivity index (χ0n) is 8.84. The molecule has 0 heterocycles. The third-order valence-corrected chi connectivity index (χ3v) is 0. The molecule has 16 heavy (non-hydrogen) atoms. The first-order valence-electron chi connectivity index (χ1n) is 3.13. The molecule has 0 saturated heterocycles. The second kappa shape index (κ2) is 29.2. The molecule has 0 aliphatic heterocycles. The SMILES string of the molecule is CC(=O)[O-].CC(=O)[O-].CC(=O)[O-].[NH2-].[O]=[U]=[O]. The van der Waals surface area contributed by atoms with Gasteiger partial charge in [0, 0.05) is 17.9 Å². The molecule has 0 aliphatic carbocycles. The van der Waals surface area contributed by atoms with Crippen LogP contribution in [-0.2, 0) is 18.9 Å². The van der Waals surface area contributed by atoms with E-state index < -0.39 is 45.7 Å². The van der Waals surface area contributed by atoms with Gasteiger partial charge >= 0.3 is 32.3 Å². The van der Waals surface area contributed by atoms with E-state index in [1.54, 1.807) is 0 Å². The number of aliphatic carboxylic acids is 3. The summed E-state index contributed by atoms with van der Waals surface area (Å²) in [5, 5.41) is 26.7. The van der Waals surface area contributed by atoms with Crippen molar-refractivity contribution in [3.05, 3.63) is 6.15 Å². The number of hydrogen-bond donors (Lipinski definition) is 0. The van der Waals surface area contributed by atoms with Gasteiger partial charge in [-0.2, -0.15) is 0 Å². The van der Waals surface area contributed by atoms with Crippen LogP contribution in [-0.4, -0.2) is 17.9 Å². The second-order valence-corrected chi connectivity index (χ2v) is 2.25. The zero-order valence-corrected chi connectivity index (χ0v) is 13.0. The predicted octanol–water partition coefficient (Wildman–Crippen LogP) is -3.25. The van der Waals surface area contributed by atoms with Gasteiger partial charge in [-0.1, -0.05) is 0 Å². The number of carbonyl (C=O) groups excluding carboxylic acids is 3. The summed E-state index contributed by atoms with van der Waals surface area (Å²) >= 11 is -2.51. The van der Waals surface area contributed by atoms with Crippen LogP contribution >= 0.6 is 0 Å². The van der Waals surface area contributed by atoms with Crippen LogP contribution < -0.4 is 15.3 Å². The molecule has 0 fully saturated rings. The monoisotopic (exact) mass is 463 g/mol. The number of rotatable bonds is 0. The molecule has 0 rings (SSSR count). The van der Waals surface area contributed by atoms with Gasteiger partial charge in [0.05, 0.1) is 0 Å². The Labute approximate surface area is 107 Å². The van der Waals surface area contributed by atoms with Gasteiger partial charge < -0.3 is 35.9 Å². The van der Waals surface area contributed by atoms with E-state index in [-0.39, 0.29) is 6.15 Å². The summed E-state index contributed by atoms with van der Waals surface area (Å²) in [6.45, 7) is 2.92. The molecule has 0 amide bonds. The molecular formula is C6H11NO8U-4. The Bertz CT molecular complexity index is 182. The first-order valence-corrected chi connectivity index (χ1v) is 6.53. The first kappa shape index (κ1) is 29.4. The topological polar surface area (TPSA) is 188 Å². The van der Waals surface area contributed by atoms with Gasteiger partial charge in [0.15, 0.2) is 0 Å². The molecule has 0 aromatic rings. The van der Waals surface area contributed by atoms with E-state index in [9.17, 15) is 0 Å². The number of nitrogens with two attached hydrogens (primary N) is 1. The standard InChI is InChI=1S/3C2H4O2.H2N.2O.U/c3*1-2(3)4;;;;/h3*1H3,(H,3,4);1H2;;;/q;;;-1;;;/p-3.